The molecule has 1 aliphatic carbocycles. The van der Waals surface area contributed by atoms with Crippen molar-refractivity contribution in [3.8, 4) is 0 Å². The first-order valence-electron chi connectivity index (χ1n) is 11.5. The molecule has 3 heterocycles. The SMILES string of the molecule is CCn1ncc2c(NC3CC=CCN3C(C)=O)c(C(=O)NC3Cc4ccccc4C3)cnc21. The van der Waals surface area contributed by atoms with Gasteiger partial charge in [0.1, 0.15) is 6.17 Å². The van der Waals surface area contributed by atoms with Crippen molar-refractivity contribution in [3.05, 3.63) is 65.5 Å². The fourth-order valence-corrected chi connectivity index (χ4v) is 4.83. The van der Waals surface area contributed by atoms with E-state index >= 15 is 0 Å². The molecular formula is C25H28N6O2. The third kappa shape index (κ3) is 3.97. The molecular weight excluding hydrogens is 416 g/mol. The number of aryl methyl sites for hydroxylation is 1. The molecule has 8 nitrogen and oxygen atoms in total. The second-order valence-corrected chi connectivity index (χ2v) is 8.63. The highest BCUT2D eigenvalue weighted by Crippen LogP contribution is 2.29. The van der Waals surface area contributed by atoms with Crippen LogP contribution in [0.1, 0.15) is 41.8 Å². The Bertz CT molecular complexity index is 1220. The fraction of sp³-hybridized carbons (Fsp3) is 0.360. The third-order valence-corrected chi connectivity index (χ3v) is 6.52. The highest BCUT2D eigenvalue weighted by Gasteiger charge is 2.28. The van der Waals surface area contributed by atoms with Crippen molar-refractivity contribution in [2.24, 2.45) is 0 Å². The molecule has 1 aliphatic heterocycles. The number of rotatable bonds is 5. The summed E-state index contributed by atoms with van der Waals surface area (Å²) >= 11 is 0. The second-order valence-electron chi connectivity index (χ2n) is 8.63. The maximum absolute atomic E-state index is 13.4. The van der Waals surface area contributed by atoms with Crippen molar-refractivity contribution >= 4 is 28.5 Å². The van der Waals surface area contributed by atoms with Crippen LogP contribution in [0.4, 0.5) is 5.69 Å². The summed E-state index contributed by atoms with van der Waals surface area (Å²) in [5, 5.41) is 11.9. The van der Waals surface area contributed by atoms with E-state index in [-0.39, 0.29) is 24.0 Å². The Balaban J connectivity index is 1.47. The average molecular weight is 445 g/mol. The van der Waals surface area contributed by atoms with E-state index in [0.717, 1.165) is 18.2 Å². The van der Waals surface area contributed by atoms with Crippen LogP contribution in [-0.2, 0) is 24.2 Å². The molecule has 2 aliphatic rings. The van der Waals surface area contributed by atoms with Crippen molar-refractivity contribution in [1.29, 1.82) is 0 Å². The molecule has 2 amide bonds. The van der Waals surface area contributed by atoms with Crippen LogP contribution in [0.25, 0.3) is 11.0 Å². The Morgan fingerprint density at radius 1 is 1.12 bits per heavy atom. The van der Waals surface area contributed by atoms with E-state index in [9.17, 15) is 9.59 Å². The highest BCUT2D eigenvalue weighted by molar-refractivity contribution is 6.06. The minimum atomic E-state index is -0.245. The molecule has 2 aromatic heterocycles. The predicted octanol–water partition coefficient (Wildman–Crippen LogP) is 2.89. The van der Waals surface area contributed by atoms with Gasteiger partial charge in [0, 0.05) is 38.7 Å². The van der Waals surface area contributed by atoms with Gasteiger partial charge in [-0.1, -0.05) is 36.4 Å². The minimum absolute atomic E-state index is 0.0128. The number of pyridine rings is 1. The summed E-state index contributed by atoms with van der Waals surface area (Å²) in [5.74, 6) is -0.184. The van der Waals surface area contributed by atoms with Crippen molar-refractivity contribution in [1.82, 2.24) is 25.0 Å². The molecule has 1 aromatic carbocycles. The Morgan fingerprint density at radius 3 is 2.58 bits per heavy atom. The Labute approximate surface area is 192 Å². The number of hydrogen-bond donors (Lipinski definition) is 2. The lowest BCUT2D eigenvalue weighted by molar-refractivity contribution is -0.130. The second kappa shape index (κ2) is 8.69. The van der Waals surface area contributed by atoms with Crippen LogP contribution in [-0.4, -0.2) is 50.2 Å². The summed E-state index contributed by atoms with van der Waals surface area (Å²) in [6.07, 6.45) is 9.46. The Morgan fingerprint density at radius 2 is 1.88 bits per heavy atom. The molecule has 5 rings (SSSR count). The van der Waals surface area contributed by atoms with Gasteiger partial charge in [-0.3, -0.25) is 9.59 Å². The third-order valence-electron chi connectivity index (χ3n) is 6.52. The lowest BCUT2D eigenvalue weighted by Crippen LogP contribution is -2.45. The number of amides is 2. The lowest BCUT2D eigenvalue weighted by Gasteiger charge is -2.34. The van der Waals surface area contributed by atoms with E-state index in [1.54, 1.807) is 28.9 Å². The van der Waals surface area contributed by atoms with Gasteiger partial charge in [0.05, 0.1) is 22.8 Å². The first-order valence-corrected chi connectivity index (χ1v) is 11.5. The van der Waals surface area contributed by atoms with Crippen LogP contribution >= 0.6 is 0 Å². The zero-order valence-electron chi connectivity index (χ0n) is 18.9. The molecule has 33 heavy (non-hydrogen) atoms. The van der Waals surface area contributed by atoms with E-state index in [1.165, 1.54) is 11.1 Å². The molecule has 0 bridgehead atoms. The normalized spacial score (nSPS) is 17.9. The molecule has 0 saturated carbocycles. The van der Waals surface area contributed by atoms with E-state index in [2.05, 4.69) is 38.9 Å². The number of carbonyl (C=O) groups excluding carboxylic acids is 2. The number of aromatic nitrogens is 3. The largest absolute Gasteiger partial charge is 0.364 e. The standard InChI is InChI=1S/C25H28N6O2/c1-3-31-24-20(15-27-31)23(29-22-10-6-7-11-30(22)16(2)32)21(14-26-24)25(33)28-19-12-17-8-4-5-9-18(17)13-19/h4-9,14-15,19,22H,3,10-13H2,1-2H3,(H,26,29)(H,28,33). The number of carbonyl (C=O) groups is 2. The summed E-state index contributed by atoms with van der Waals surface area (Å²) in [7, 11) is 0. The summed E-state index contributed by atoms with van der Waals surface area (Å²) in [4.78, 5) is 32.0. The van der Waals surface area contributed by atoms with Crippen LogP contribution in [0, 0.1) is 0 Å². The molecule has 1 unspecified atom stereocenters. The van der Waals surface area contributed by atoms with Gasteiger partial charge in [-0.2, -0.15) is 5.10 Å². The topological polar surface area (TPSA) is 92.2 Å². The van der Waals surface area contributed by atoms with Gasteiger partial charge in [-0.25, -0.2) is 9.67 Å². The van der Waals surface area contributed by atoms with Gasteiger partial charge in [0.2, 0.25) is 5.91 Å². The van der Waals surface area contributed by atoms with Crippen molar-refractivity contribution in [2.45, 2.75) is 51.9 Å². The van der Waals surface area contributed by atoms with E-state index in [4.69, 9.17) is 0 Å². The maximum Gasteiger partial charge on any atom is 0.255 e. The predicted molar refractivity (Wildman–Crippen MR) is 127 cm³/mol. The van der Waals surface area contributed by atoms with Crippen LogP contribution in [0.2, 0.25) is 0 Å². The zero-order chi connectivity index (χ0) is 22.9. The molecule has 2 N–H and O–H groups in total. The summed E-state index contributed by atoms with van der Waals surface area (Å²) in [6, 6.07) is 8.35. The maximum atomic E-state index is 13.4. The molecule has 8 heteroatoms. The van der Waals surface area contributed by atoms with E-state index in [0.29, 0.717) is 36.4 Å². The van der Waals surface area contributed by atoms with Crippen molar-refractivity contribution in [2.75, 3.05) is 11.9 Å². The molecule has 0 spiro atoms. The van der Waals surface area contributed by atoms with Crippen LogP contribution < -0.4 is 10.6 Å². The number of anilines is 1. The van der Waals surface area contributed by atoms with Gasteiger partial charge in [-0.15, -0.1) is 0 Å². The molecule has 0 fully saturated rings. The van der Waals surface area contributed by atoms with Crippen LogP contribution in [0.15, 0.2) is 48.8 Å². The first kappa shape index (κ1) is 21.2. The Kier molecular flexibility index (Phi) is 5.58. The van der Waals surface area contributed by atoms with Crippen molar-refractivity contribution in [3.63, 3.8) is 0 Å². The smallest absolute Gasteiger partial charge is 0.255 e. The number of fused-ring (bicyclic) bond motifs is 2. The van der Waals surface area contributed by atoms with Gasteiger partial charge in [0.25, 0.3) is 5.91 Å². The molecule has 0 radical (unpaired) electrons. The summed E-state index contributed by atoms with van der Waals surface area (Å²) in [5.41, 5.74) is 4.41. The van der Waals surface area contributed by atoms with Gasteiger partial charge < -0.3 is 15.5 Å². The van der Waals surface area contributed by atoms with Crippen LogP contribution in [0.3, 0.4) is 0 Å². The first-order chi connectivity index (χ1) is 16.0. The van der Waals surface area contributed by atoms with Gasteiger partial charge in [-0.05, 0) is 30.9 Å². The average Bonchev–Trinajstić information content (AvgIpc) is 3.42. The molecule has 1 atom stereocenters. The molecule has 170 valence electrons. The highest BCUT2D eigenvalue weighted by atomic mass is 16.2. The van der Waals surface area contributed by atoms with Crippen molar-refractivity contribution < 1.29 is 9.59 Å². The number of nitrogens with one attached hydrogen (secondary N) is 2. The monoisotopic (exact) mass is 444 g/mol. The zero-order valence-corrected chi connectivity index (χ0v) is 18.9. The van der Waals surface area contributed by atoms with Gasteiger partial charge >= 0.3 is 0 Å². The van der Waals surface area contributed by atoms with Crippen LogP contribution in [0.5, 0.6) is 0 Å². The minimum Gasteiger partial charge on any atom is -0.364 e. The quantitative estimate of drug-likeness (QED) is 0.591. The molecule has 3 aromatic rings. The number of nitrogens with zero attached hydrogens (tertiary/aromatic N) is 4. The number of hydrogen-bond acceptors (Lipinski definition) is 5. The van der Waals surface area contributed by atoms with Gasteiger partial charge in [0.15, 0.2) is 5.65 Å². The van der Waals surface area contributed by atoms with E-state index in [1.807, 2.05) is 25.1 Å². The fourth-order valence-electron chi connectivity index (χ4n) is 4.83. The number of benzene rings is 1. The van der Waals surface area contributed by atoms with E-state index < -0.39 is 0 Å². The summed E-state index contributed by atoms with van der Waals surface area (Å²) < 4.78 is 1.80. The summed E-state index contributed by atoms with van der Waals surface area (Å²) in [6.45, 7) is 4.78. The lowest BCUT2D eigenvalue weighted by atomic mass is 10.1. The Hall–Kier alpha value is -3.68. The molecule has 0 saturated heterocycles.